The number of carboxylic acids is 1. The second kappa shape index (κ2) is 9.25. The van der Waals surface area contributed by atoms with Crippen LogP contribution in [0.5, 0.6) is 0 Å². The van der Waals surface area contributed by atoms with E-state index in [1.807, 2.05) is 13.8 Å². The van der Waals surface area contributed by atoms with Gasteiger partial charge in [-0.05, 0) is 58.2 Å². The van der Waals surface area contributed by atoms with Gasteiger partial charge in [-0.3, -0.25) is 9.78 Å². The molecule has 3 aromatic rings. The van der Waals surface area contributed by atoms with E-state index in [0.29, 0.717) is 30.0 Å². The lowest BCUT2D eigenvalue weighted by Gasteiger charge is -2.08. The average molecular weight is 408 g/mol. The first-order valence-electron chi connectivity index (χ1n) is 9.70. The maximum absolute atomic E-state index is 12.3. The van der Waals surface area contributed by atoms with E-state index in [2.05, 4.69) is 25.6 Å². The van der Waals surface area contributed by atoms with Crippen molar-refractivity contribution in [3.63, 3.8) is 0 Å². The van der Waals surface area contributed by atoms with Crippen molar-refractivity contribution in [1.82, 2.24) is 30.3 Å². The third kappa shape index (κ3) is 5.05. The van der Waals surface area contributed by atoms with Crippen LogP contribution in [0.2, 0.25) is 0 Å². The molecule has 9 heteroatoms. The van der Waals surface area contributed by atoms with Crippen molar-refractivity contribution < 1.29 is 14.7 Å². The number of carbonyl (C=O) groups is 2. The predicted octanol–water partition coefficient (Wildman–Crippen LogP) is 2.43. The second-order valence-electron chi connectivity index (χ2n) is 7.05. The van der Waals surface area contributed by atoms with E-state index < -0.39 is 5.97 Å². The summed E-state index contributed by atoms with van der Waals surface area (Å²) in [6, 6.07) is 6.53. The molecule has 0 radical (unpaired) electrons. The molecule has 156 valence electrons. The van der Waals surface area contributed by atoms with Crippen LogP contribution in [0, 0.1) is 20.8 Å². The van der Waals surface area contributed by atoms with E-state index in [0.717, 1.165) is 29.9 Å². The maximum Gasteiger partial charge on any atom is 0.335 e. The summed E-state index contributed by atoms with van der Waals surface area (Å²) in [7, 11) is 0. The molecule has 0 saturated heterocycles. The van der Waals surface area contributed by atoms with Gasteiger partial charge >= 0.3 is 5.97 Å². The number of benzene rings is 1. The highest BCUT2D eigenvalue weighted by molar-refractivity contribution is 5.93. The molecule has 0 unspecified atom stereocenters. The van der Waals surface area contributed by atoms with Crippen LogP contribution in [0.3, 0.4) is 0 Å². The fraction of sp³-hybridized carbons (Fsp3) is 0.333. The van der Waals surface area contributed by atoms with Crippen LogP contribution in [0.25, 0.3) is 5.69 Å². The van der Waals surface area contributed by atoms with Gasteiger partial charge in [0.05, 0.1) is 40.2 Å². The zero-order chi connectivity index (χ0) is 21.7. The second-order valence-corrected chi connectivity index (χ2v) is 7.05. The summed E-state index contributed by atoms with van der Waals surface area (Å²) in [5, 5.41) is 20.2. The van der Waals surface area contributed by atoms with Crippen molar-refractivity contribution in [2.45, 2.75) is 40.0 Å². The molecule has 0 saturated carbocycles. The van der Waals surface area contributed by atoms with Crippen LogP contribution >= 0.6 is 0 Å². The molecule has 0 aliphatic heterocycles. The SMILES string of the molecule is Cc1nc(C)c(C(=O)NCCCCc2cn(-c3cccc(C(=O)O)c3)nn2)nc1C. The van der Waals surface area contributed by atoms with Crippen LogP contribution in [-0.2, 0) is 6.42 Å². The molecule has 1 aromatic carbocycles. The standard InChI is InChI=1S/C21H24N6O3/c1-13-14(2)24-19(15(3)23-13)20(28)22-10-5-4-8-17-12-27(26-25-17)18-9-6-7-16(11-18)21(29)30/h6-7,9,11-12H,4-5,8,10H2,1-3H3,(H,22,28)(H,29,30). The molecule has 9 nitrogen and oxygen atoms in total. The Morgan fingerprint density at radius 1 is 1.07 bits per heavy atom. The zero-order valence-corrected chi connectivity index (χ0v) is 17.2. The summed E-state index contributed by atoms with van der Waals surface area (Å²) >= 11 is 0. The van der Waals surface area contributed by atoms with Gasteiger partial charge < -0.3 is 10.4 Å². The van der Waals surface area contributed by atoms with E-state index >= 15 is 0 Å². The third-order valence-corrected chi connectivity index (χ3v) is 4.74. The first-order valence-corrected chi connectivity index (χ1v) is 9.70. The summed E-state index contributed by atoms with van der Waals surface area (Å²) in [6.45, 7) is 6.02. The summed E-state index contributed by atoms with van der Waals surface area (Å²) in [4.78, 5) is 32.1. The summed E-state index contributed by atoms with van der Waals surface area (Å²) in [5.74, 6) is -1.20. The Kier molecular flexibility index (Phi) is 6.51. The van der Waals surface area contributed by atoms with Crippen molar-refractivity contribution in [1.29, 1.82) is 0 Å². The van der Waals surface area contributed by atoms with E-state index in [-0.39, 0.29) is 11.5 Å². The highest BCUT2D eigenvalue weighted by Crippen LogP contribution is 2.11. The highest BCUT2D eigenvalue weighted by Gasteiger charge is 2.13. The zero-order valence-electron chi connectivity index (χ0n) is 17.2. The predicted molar refractivity (Wildman–Crippen MR) is 110 cm³/mol. The normalized spacial score (nSPS) is 10.8. The molecule has 0 aliphatic carbocycles. The van der Waals surface area contributed by atoms with Gasteiger partial charge in [-0.25, -0.2) is 14.5 Å². The maximum atomic E-state index is 12.3. The van der Waals surface area contributed by atoms with Crippen molar-refractivity contribution in [2.24, 2.45) is 0 Å². The number of carboxylic acid groups (broad SMARTS) is 1. The number of amides is 1. The lowest BCUT2D eigenvalue weighted by Crippen LogP contribution is -2.27. The van der Waals surface area contributed by atoms with Crippen LogP contribution in [0.15, 0.2) is 30.5 Å². The van der Waals surface area contributed by atoms with Crippen molar-refractivity contribution in [3.8, 4) is 5.69 Å². The summed E-state index contributed by atoms with van der Waals surface area (Å²) < 4.78 is 1.56. The molecular weight excluding hydrogens is 384 g/mol. The van der Waals surface area contributed by atoms with Gasteiger partial charge in [0.25, 0.3) is 5.91 Å². The number of nitrogens with one attached hydrogen (secondary N) is 1. The number of aromatic carboxylic acids is 1. The number of unbranched alkanes of at least 4 members (excludes halogenated alkanes) is 1. The molecule has 0 aliphatic rings. The Morgan fingerprint density at radius 2 is 1.83 bits per heavy atom. The van der Waals surface area contributed by atoms with Gasteiger partial charge in [-0.1, -0.05) is 11.3 Å². The molecule has 2 aromatic heterocycles. The molecule has 2 heterocycles. The Morgan fingerprint density at radius 3 is 2.60 bits per heavy atom. The number of carbonyl (C=O) groups excluding carboxylic acids is 1. The topological polar surface area (TPSA) is 123 Å². The first-order chi connectivity index (χ1) is 14.3. The molecule has 0 bridgehead atoms. The van der Waals surface area contributed by atoms with Crippen molar-refractivity contribution in [2.75, 3.05) is 6.54 Å². The summed E-state index contributed by atoms with van der Waals surface area (Å²) in [6.07, 6.45) is 4.10. The number of rotatable bonds is 8. The van der Waals surface area contributed by atoms with Gasteiger partial charge in [0.1, 0.15) is 5.69 Å². The third-order valence-electron chi connectivity index (χ3n) is 4.74. The number of aromatic nitrogens is 5. The Hall–Kier alpha value is -3.62. The van der Waals surface area contributed by atoms with E-state index in [9.17, 15) is 9.59 Å². The first kappa shape index (κ1) is 21.1. The minimum atomic E-state index is -0.985. The Balaban J connectivity index is 1.48. The van der Waals surface area contributed by atoms with Crippen LogP contribution in [-0.4, -0.2) is 48.5 Å². The van der Waals surface area contributed by atoms with E-state index in [1.54, 1.807) is 36.0 Å². The van der Waals surface area contributed by atoms with Crippen LogP contribution in [0.1, 0.15) is 56.5 Å². The van der Waals surface area contributed by atoms with E-state index in [4.69, 9.17) is 5.11 Å². The van der Waals surface area contributed by atoms with Gasteiger partial charge in [-0.15, -0.1) is 5.10 Å². The van der Waals surface area contributed by atoms with E-state index in [1.165, 1.54) is 6.07 Å². The molecule has 1 amide bonds. The smallest absolute Gasteiger partial charge is 0.335 e. The molecule has 30 heavy (non-hydrogen) atoms. The van der Waals surface area contributed by atoms with Crippen molar-refractivity contribution >= 4 is 11.9 Å². The fourth-order valence-corrected chi connectivity index (χ4v) is 2.97. The number of hydrogen-bond donors (Lipinski definition) is 2. The van der Waals surface area contributed by atoms with Gasteiger partial charge in [0.2, 0.25) is 0 Å². The minimum Gasteiger partial charge on any atom is -0.478 e. The summed E-state index contributed by atoms with van der Waals surface area (Å²) in [5.41, 5.74) is 4.21. The van der Waals surface area contributed by atoms with Crippen LogP contribution < -0.4 is 5.32 Å². The number of aryl methyl sites for hydroxylation is 4. The Labute approximate surface area is 174 Å². The molecule has 0 fully saturated rings. The number of nitrogens with zero attached hydrogens (tertiary/aromatic N) is 5. The molecule has 0 atom stereocenters. The molecular formula is C21H24N6O3. The average Bonchev–Trinajstić information content (AvgIpc) is 3.19. The largest absolute Gasteiger partial charge is 0.478 e. The monoisotopic (exact) mass is 408 g/mol. The quantitative estimate of drug-likeness (QED) is 0.549. The lowest BCUT2D eigenvalue weighted by atomic mass is 10.2. The lowest BCUT2D eigenvalue weighted by molar-refractivity contribution is 0.0696. The van der Waals surface area contributed by atoms with Gasteiger partial charge in [0.15, 0.2) is 0 Å². The molecule has 2 N–H and O–H groups in total. The highest BCUT2D eigenvalue weighted by atomic mass is 16.4. The number of hydrogen-bond acceptors (Lipinski definition) is 6. The van der Waals surface area contributed by atoms with Crippen molar-refractivity contribution in [3.05, 3.63) is 64.5 Å². The molecule has 0 spiro atoms. The minimum absolute atomic E-state index is 0.198. The van der Waals surface area contributed by atoms with Gasteiger partial charge in [0, 0.05) is 6.54 Å². The Bertz CT molecular complexity index is 1080. The fourth-order valence-electron chi connectivity index (χ4n) is 2.97. The van der Waals surface area contributed by atoms with Gasteiger partial charge in [-0.2, -0.15) is 0 Å². The van der Waals surface area contributed by atoms with Crippen LogP contribution in [0.4, 0.5) is 0 Å². The molecule has 3 rings (SSSR count).